The number of hydrogen-bond donors (Lipinski definition) is 0. The van der Waals surface area contributed by atoms with Crippen LogP contribution in [0.3, 0.4) is 0 Å². The Morgan fingerprint density at radius 2 is 2.12 bits per heavy atom. The predicted molar refractivity (Wildman–Crippen MR) is 119 cm³/mol. The summed E-state index contributed by atoms with van der Waals surface area (Å²) >= 11 is 0. The summed E-state index contributed by atoms with van der Waals surface area (Å²) in [6.45, 7) is 3.94. The molecule has 0 N–H and O–H groups in total. The van der Waals surface area contributed by atoms with Crippen molar-refractivity contribution in [1.82, 2.24) is 29.2 Å². The molecule has 1 aromatic carbocycles. The van der Waals surface area contributed by atoms with E-state index in [1.807, 2.05) is 55.1 Å². The van der Waals surface area contributed by atoms with E-state index in [0.29, 0.717) is 19.0 Å². The highest BCUT2D eigenvalue weighted by Crippen LogP contribution is 2.33. The van der Waals surface area contributed by atoms with Gasteiger partial charge in [0.25, 0.3) is 0 Å². The van der Waals surface area contributed by atoms with Gasteiger partial charge in [-0.1, -0.05) is 6.07 Å². The molecule has 0 radical (unpaired) electrons. The van der Waals surface area contributed by atoms with Crippen molar-refractivity contribution in [2.45, 2.75) is 32.4 Å². The van der Waals surface area contributed by atoms with Crippen LogP contribution in [0.2, 0.25) is 0 Å². The van der Waals surface area contributed by atoms with Crippen molar-refractivity contribution < 1.29 is 14.3 Å². The van der Waals surface area contributed by atoms with Crippen molar-refractivity contribution in [3.63, 3.8) is 0 Å². The SMILES string of the molecule is BN(CC(=O)N1CCCC1c1cc(C)nc(-n2ccnc2)n1)Cc1ccc2c(c1)OCO2. The van der Waals surface area contributed by atoms with Gasteiger partial charge in [0, 0.05) is 31.2 Å². The molecule has 1 unspecified atom stereocenters. The Morgan fingerprint density at radius 1 is 1.25 bits per heavy atom. The Bertz CT molecular complexity index is 1120. The normalized spacial score (nSPS) is 17.3. The van der Waals surface area contributed by atoms with E-state index >= 15 is 0 Å². The Morgan fingerprint density at radius 3 is 2.97 bits per heavy atom. The lowest BCUT2D eigenvalue weighted by atomic mass is 10.1. The van der Waals surface area contributed by atoms with E-state index in [0.717, 1.165) is 47.8 Å². The second-order valence-electron chi connectivity index (χ2n) is 8.31. The van der Waals surface area contributed by atoms with Crippen LogP contribution in [-0.2, 0) is 11.3 Å². The van der Waals surface area contributed by atoms with E-state index in [4.69, 9.17) is 14.5 Å². The van der Waals surface area contributed by atoms with Crippen LogP contribution in [0.5, 0.6) is 11.5 Å². The highest BCUT2D eigenvalue weighted by Gasteiger charge is 2.32. The molecule has 5 rings (SSSR count). The van der Waals surface area contributed by atoms with E-state index in [-0.39, 0.29) is 18.7 Å². The molecule has 164 valence electrons. The van der Waals surface area contributed by atoms with Crippen molar-refractivity contribution in [3.8, 4) is 17.4 Å². The number of nitrogens with zero attached hydrogens (tertiary/aromatic N) is 6. The van der Waals surface area contributed by atoms with E-state index in [9.17, 15) is 4.79 Å². The van der Waals surface area contributed by atoms with E-state index in [1.165, 1.54) is 0 Å². The lowest BCUT2D eigenvalue weighted by Crippen LogP contribution is -2.39. The molecule has 32 heavy (non-hydrogen) atoms. The second-order valence-corrected chi connectivity index (χ2v) is 8.31. The fourth-order valence-corrected chi connectivity index (χ4v) is 4.34. The van der Waals surface area contributed by atoms with Crippen LogP contribution in [0.1, 0.15) is 35.8 Å². The topological polar surface area (TPSA) is 85.6 Å². The van der Waals surface area contributed by atoms with Gasteiger partial charge in [0.1, 0.15) is 6.33 Å². The standard InChI is InChI=1S/C22H25BN6O3/c1-15-9-17(26-22(25-15)27-8-6-24-13-27)18-3-2-7-29(18)21(30)12-28(23)11-16-4-5-19-20(10-16)32-14-31-19/h4-6,8-10,13,18H,2-3,7,11-12,14,23H2,1H3. The summed E-state index contributed by atoms with van der Waals surface area (Å²) < 4.78 is 12.6. The number of aromatic nitrogens is 4. The zero-order valence-electron chi connectivity index (χ0n) is 18.3. The third-order valence-electron chi connectivity index (χ3n) is 5.81. The minimum absolute atomic E-state index is 0.0367. The lowest BCUT2D eigenvalue weighted by molar-refractivity contribution is -0.132. The van der Waals surface area contributed by atoms with Gasteiger partial charge < -0.3 is 19.2 Å². The maximum atomic E-state index is 13.2. The average Bonchev–Trinajstić information content (AvgIpc) is 3.54. The highest BCUT2D eigenvalue weighted by atomic mass is 16.7. The zero-order chi connectivity index (χ0) is 22.1. The largest absolute Gasteiger partial charge is 0.454 e. The summed E-state index contributed by atoms with van der Waals surface area (Å²) in [7, 11) is 1.96. The number of aryl methyl sites for hydroxylation is 1. The number of carbonyl (C=O) groups is 1. The van der Waals surface area contributed by atoms with Crippen LogP contribution in [0.25, 0.3) is 5.95 Å². The van der Waals surface area contributed by atoms with E-state index < -0.39 is 0 Å². The fraction of sp³-hybridized carbons (Fsp3) is 0.364. The molecule has 0 aliphatic carbocycles. The Kier molecular flexibility index (Phi) is 5.52. The number of carbonyl (C=O) groups excluding carboxylic acids is 1. The summed E-state index contributed by atoms with van der Waals surface area (Å²) in [6.07, 6.45) is 7.07. The third-order valence-corrected chi connectivity index (χ3v) is 5.81. The Hall–Kier alpha value is -3.40. The molecule has 1 fully saturated rings. The monoisotopic (exact) mass is 432 g/mol. The van der Waals surface area contributed by atoms with E-state index in [2.05, 4.69) is 9.97 Å². The average molecular weight is 432 g/mol. The van der Waals surface area contributed by atoms with Crippen molar-refractivity contribution in [2.24, 2.45) is 0 Å². The predicted octanol–water partition coefficient (Wildman–Crippen LogP) is 1.41. The van der Waals surface area contributed by atoms with Gasteiger partial charge in [0.15, 0.2) is 19.5 Å². The summed E-state index contributed by atoms with van der Waals surface area (Å²) in [6, 6.07) is 7.84. The van der Waals surface area contributed by atoms with Crippen LogP contribution in [0, 0.1) is 6.92 Å². The lowest BCUT2D eigenvalue weighted by Gasteiger charge is -2.27. The van der Waals surface area contributed by atoms with Gasteiger partial charge in [-0.2, -0.15) is 0 Å². The quantitative estimate of drug-likeness (QED) is 0.545. The summed E-state index contributed by atoms with van der Waals surface area (Å²) in [5.74, 6) is 2.21. The molecular formula is C22H25BN6O3. The highest BCUT2D eigenvalue weighted by molar-refractivity contribution is 6.06. The molecule has 0 saturated carbocycles. The van der Waals surface area contributed by atoms with Gasteiger partial charge >= 0.3 is 0 Å². The number of ether oxygens (including phenoxy) is 2. The number of benzene rings is 1. The number of amides is 1. The molecule has 4 heterocycles. The van der Waals surface area contributed by atoms with Gasteiger partial charge in [0.05, 0.1) is 18.3 Å². The van der Waals surface area contributed by atoms with Gasteiger partial charge in [-0.3, -0.25) is 9.36 Å². The van der Waals surface area contributed by atoms with Gasteiger partial charge in [-0.05, 0) is 43.5 Å². The molecule has 0 spiro atoms. The van der Waals surface area contributed by atoms with Crippen LogP contribution in [0.4, 0.5) is 0 Å². The van der Waals surface area contributed by atoms with Crippen molar-refractivity contribution in [1.29, 1.82) is 0 Å². The first-order valence-corrected chi connectivity index (χ1v) is 10.8. The molecule has 2 aliphatic rings. The third kappa shape index (κ3) is 4.18. The summed E-state index contributed by atoms with van der Waals surface area (Å²) in [5.41, 5.74) is 2.84. The Labute approximate surface area is 187 Å². The minimum Gasteiger partial charge on any atom is -0.454 e. The van der Waals surface area contributed by atoms with Crippen LogP contribution >= 0.6 is 0 Å². The molecule has 3 aromatic rings. The first-order valence-electron chi connectivity index (χ1n) is 10.8. The van der Waals surface area contributed by atoms with Gasteiger partial charge in [-0.25, -0.2) is 15.0 Å². The van der Waals surface area contributed by atoms with Crippen LogP contribution < -0.4 is 9.47 Å². The number of likely N-dealkylation sites (tertiary alicyclic amines) is 1. The number of hydrogen-bond acceptors (Lipinski definition) is 7. The summed E-state index contributed by atoms with van der Waals surface area (Å²) in [5, 5.41) is 0. The molecule has 9 nitrogen and oxygen atoms in total. The number of imidazole rings is 1. The van der Waals surface area contributed by atoms with E-state index in [1.54, 1.807) is 17.1 Å². The van der Waals surface area contributed by atoms with Crippen LogP contribution in [0.15, 0.2) is 43.0 Å². The zero-order valence-corrected chi connectivity index (χ0v) is 18.3. The van der Waals surface area contributed by atoms with Crippen molar-refractivity contribution in [2.75, 3.05) is 19.9 Å². The minimum atomic E-state index is -0.0367. The first-order chi connectivity index (χ1) is 15.6. The van der Waals surface area contributed by atoms with Crippen LogP contribution in [-0.4, -0.2) is 63.0 Å². The Balaban J connectivity index is 1.27. The maximum absolute atomic E-state index is 13.2. The van der Waals surface area contributed by atoms with Gasteiger partial charge in [-0.15, -0.1) is 0 Å². The molecule has 1 saturated heterocycles. The van der Waals surface area contributed by atoms with Crippen molar-refractivity contribution in [3.05, 3.63) is 59.9 Å². The molecule has 1 amide bonds. The molecule has 0 bridgehead atoms. The molecule has 2 aromatic heterocycles. The van der Waals surface area contributed by atoms with Crippen molar-refractivity contribution >= 4 is 13.9 Å². The molecule has 10 heteroatoms. The molecular weight excluding hydrogens is 407 g/mol. The first kappa shape index (κ1) is 20.5. The fourth-order valence-electron chi connectivity index (χ4n) is 4.34. The number of rotatable bonds is 6. The smallest absolute Gasteiger partial charge is 0.236 e. The van der Waals surface area contributed by atoms with Gasteiger partial charge in [0.2, 0.25) is 18.6 Å². The number of fused-ring (bicyclic) bond motifs is 1. The summed E-state index contributed by atoms with van der Waals surface area (Å²) in [4.78, 5) is 30.5. The molecule has 1 atom stereocenters. The second kappa shape index (κ2) is 8.62. The molecule has 2 aliphatic heterocycles. The maximum Gasteiger partial charge on any atom is 0.236 e.